The molecule has 1 amide bonds. The van der Waals surface area contributed by atoms with Gasteiger partial charge in [0.2, 0.25) is 10.0 Å². The first-order chi connectivity index (χ1) is 11.1. The van der Waals surface area contributed by atoms with E-state index in [1.807, 2.05) is 0 Å². The number of sulfonamides is 1. The van der Waals surface area contributed by atoms with Gasteiger partial charge in [0.25, 0.3) is 5.91 Å². The number of aromatic nitrogens is 1. The molecule has 24 heavy (non-hydrogen) atoms. The van der Waals surface area contributed by atoms with E-state index in [9.17, 15) is 26.4 Å². The van der Waals surface area contributed by atoms with Gasteiger partial charge in [0.1, 0.15) is 5.69 Å². The Kier molecular flexibility index (Phi) is 4.07. The summed E-state index contributed by atoms with van der Waals surface area (Å²) in [6, 6.07) is 1.68. The van der Waals surface area contributed by atoms with Crippen molar-refractivity contribution in [3.63, 3.8) is 0 Å². The number of fused-ring (bicyclic) bond motifs is 1. The van der Waals surface area contributed by atoms with Gasteiger partial charge >= 0.3 is 6.18 Å². The molecule has 132 valence electrons. The predicted octanol–water partition coefficient (Wildman–Crippen LogP) is 1.21. The molecule has 0 aliphatic carbocycles. The van der Waals surface area contributed by atoms with Crippen molar-refractivity contribution in [2.75, 3.05) is 25.9 Å². The monoisotopic (exact) mass is 363 g/mol. The third-order valence-electron chi connectivity index (χ3n) is 4.54. The average molecular weight is 363 g/mol. The standard InChI is InChI=1S/C14H16F3N3O3S/c1-24(22,23)19-7-10-3-5-20(11(10)8-19)13(21)9-2-4-18-12(6-9)14(15,16)17/h2,4,6,10-11H,3,5,7-8H2,1H3/t10-,11+/m0/s1. The molecule has 0 radical (unpaired) electrons. The second kappa shape index (κ2) is 5.69. The Labute approximate surface area is 137 Å². The number of likely N-dealkylation sites (tertiary alicyclic amines) is 1. The zero-order valence-corrected chi connectivity index (χ0v) is 13.6. The Hall–Kier alpha value is -1.68. The van der Waals surface area contributed by atoms with Gasteiger partial charge in [-0.3, -0.25) is 9.78 Å². The number of amides is 1. The molecule has 10 heteroatoms. The molecule has 2 saturated heterocycles. The summed E-state index contributed by atoms with van der Waals surface area (Å²) in [5, 5.41) is 0. The first-order valence-electron chi connectivity index (χ1n) is 7.36. The maximum atomic E-state index is 12.7. The number of alkyl halides is 3. The van der Waals surface area contributed by atoms with Gasteiger partial charge in [-0.05, 0) is 24.5 Å². The van der Waals surface area contributed by atoms with Gasteiger partial charge in [0, 0.05) is 37.4 Å². The summed E-state index contributed by atoms with van der Waals surface area (Å²) in [5.74, 6) is -0.502. The lowest BCUT2D eigenvalue weighted by Gasteiger charge is -2.24. The number of hydrogen-bond acceptors (Lipinski definition) is 4. The largest absolute Gasteiger partial charge is 0.433 e. The van der Waals surface area contributed by atoms with Crippen LogP contribution < -0.4 is 0 Å². The summed E-state index contributed by atoms with van der Waals surface area (Å²) in [4.78, 5) is 17.3. The number of carbonyl (C=O) groups excluding carboxylic acids is 1. The van der Waals surface area contributed by atoms with Gasteiger partial charge in [-0.2, -0.15) is 17.5 Å². The topological polar surface area (TPSA) is 70.6 Å². The van der Waals surface area contributed by atoms with E-state index < -0.39 is 27.8 Å². The van der Waals surface area contributed by atoms with E-state index >= 15 is 0 Å². The lowest BCUT2D eigenvalue weighted by molar-refractivity contribution is -0.141. The number of nitrogens with zero attached hydrogens (tertiary/aromatic N) is 3. The number of hydrogen-bond donors (Lipinski definition) is 0. The van der Waals surface area contributed by atoms with Crippen molar-refractivity contribution in [1.82, 2.24) is 14.2 Å². The fourth-order valence-corrected chi connectivity index (χ4v) is 4.22. The van der Waals surface area contributed by atoms with Crippen LogP contribution in [0.15, 0.2) is 18.3 Å². The number of halogens is 3. The maximum Gasteiger partial charge on any atom is 0.433 e. The smallest absolute Gasteiger partial charge is 0.334 e. The Balaban J connectivity index is 1.82. The van der Waals surface area contributed by atoms with Gasteiger partial charge in [0.15, 0.2) is 0 Å². The molecule has 0 unspecified atom stereocenters. The summed E-state index contributed by atoms with van der Waals surface area (Å²) in [6.45, 7) is 0.944. The lowest BCUT2D eigenvalue weighted by atomic mass is 10.0. The van der Waals surface area contributed by atoms with Gasteiger partial charge in [-0.1, -0.05) is 0 Å². The maximum absolute atomic E-state index is 12.7. The molecular weight excluding hydrogens is 347 g/mol. The Morgan fingerprint density at radius 2 is 2.04 bits per heavy atom. The Morgan fingerprint density at radius 3 is 2.67 bits per heavy atom. The number of rotatable bonds is 2. The van der Waals surface area contributed by atoms with Crippen molar-refractivity contribution in [2.45, 2.75) is 18.6 Å². The van der Waals surface area contributed by atoms with E-state index in [2.05, 4.69) is 4.98 Å². The van der Waals surface area contributed by atoms with Crippen molar-refractivity contribution in [2.24, 2.45) is 5.92 Å². The Bertz CT molecular complexity index is 766. The van der Waals surface area contributed by atoms with Gasteiger partial charge in [-0.15, -0.1) is 0 Å². The van der Waals surface area contributed by atoms with E-state index in [-0.39, 0.29) is 24.1 Å². The molecule has 2 aliphatic rings. The Morgan fingerprint density at radius 1 is 1.33 bits per heavy atom. The number of carbonyl (C=O) groups is 1. The number of pyridine rings is 1. The minimum absolute atomic E-state index is 0.0209. The highest BCUT2D eigenvalue weighted by Crippen LogP contribution is 2.34. The van der Waals surface area contributed by atoms with E-state index in [4.69, 9.17) is 0 Å². The van der Waals surface area contributed by atoms with E-state index in [0.29, 0.717) is 19.5 Å². The zero-order valence-electron chi connectivity index (χ0n) is 12.8. The van der Waals surface area contributed by atoms with Crippen molar-refractivity contribution < 1.29 is 26.4 Å². The molecule has 1 aromatic rings. The normalized spacial score (nSPS) is 25.1. The first kappa shape index (κ1) is 17.2. The molecule has 0 aromatic carbocycles. The van der Waals surface area contributed by atoms with Gasteiger partial charge in [-0.25, -0.2) is 8.42 Å². The van der Waals surface area contributed by atoms with Crippen LogP contribution in [0, 0.1) is 5.92 Å². The van der Waals surface area contributed by atoms with Crippen molar-refractivity contribution in [3.8, 4) is 0 Å². The second-order valence-corrected chi connectivity index (χ2v) is 8.10. The van der Waals surface area contributed by atoms with Gasteiger partial charge in [0.05, 0.1) is 6.26 Å². The van der Waals surface area contributed by atoms with Crippen molar-refractivity contribution >= 4 is 15.9 Å². The quantitative estimate of drug-likeness (QED) is 0.792. The van der Waals surface area contributed by atoms with Crippen LogP contribution in [-0.2, 0) is 16.2 Å². The van der Waals surface area contributed by atoms with Crippen molar-refractivity contribution in [1.29, 1.82) is 0 Å². The molecule has 2 aliphatic heterocycles. The van der Waals surface area contributed by atoms with Crippen LogP contribution in [0.4, 0.5) is 13.2 Å². The summed E-state index contributed by atoms with van der Waals surface area (Å²) in [7, 11) is -3.35. The molecule has 0 N–H and O–H groups in total. The average Bonchev–Trinajstić information content (AvgIpc) is 3.05. The third kappa shape index (κ3) is 3.12. The van der Waals surface area contributed by atoms with E-state index in [1.54, 1.807) is 0 Å². The minimum Gasteiger partial charge on any atom is -0.334 e. The predicted molar refractivity (Wildman–Crippen MR) is 78.6 cm³/mol. The summed E-state index contributed by atoms with van der Waals surface area (Å²) in [5.41, 5.74) is -1.20. The second-order valence-electron chi connectivity index (χ2n) is 6.12. The zero-order chi connectivity index (χ0) is 17.7. The lowest BCUT2D eigenvalue weighted by Crippen LogP contribution is -2.40. The van der Waals surface area contributed by atoms with E-state index in [0.717, 1.165) is 18.5 Å². The first-order valence-corrected chi connectivity index (χ1v) is 9.21. The molecule has 6 nitrogen and oxygen atoms in total. The fourth-order valence-electron chi connectivity index (χ4n) is 3.33. The molecule has 3 rings (SSSR count). The minimum atomic E-state index is -4.62. The highest BCUT2D eigenvalue weighted by molar-refractivity contribution is 7.88. The van der Waals surface area contributed by atoms with Crippen molar-refractivity contribution in [3.05, 3.63) is 29.6 Å². The SMILES string of the molecule is CS(=O)(=O)N1C[C@@H]2CCN(C(=O)c3ccnc(C(F)(F)F)c3)[C@@H]2C1. The highest BCUT2D eigenvalue weighted by atomic mass is 32.2. The summed E-state index contributed by atoms with van der Waals surface area (Å²) < 4.78 is 62.9. The summed E-state index contributed by atoms with van der Waals surface area (Å²) >= 11 is 0. The molecule has 0 bridgehead atoms. The molecule has 2 fully saturated rings. The van der Waals surface area contributed by atoms with Crippen LogP contribution in [0.3, 0.4) is 0 Å². The molecule has 0 saturated carbocycles. The van der Waals surface area contributed by atoms with Crippen LogP contribution in [0.1, 0.15) is 22.5 Å². The molecule has 1 aromatic heterocycles. The van der Waals surface area contributed by atoms with Crippen LogP contribution in [0.25, 0.3) is 0 Å². The molecule has 0 spiro atoms. The van der Waals surface area contributed by atoms with Crippen LogP contribution in [0.2, 0.25) is 0 Å². The molecular formula is C14H16F3N3O3S. The van der Waals surface area contributed by atoms with Crippen LogP contribution in [0.5, 0.6) is 0 Å². The molecule has 3 heterocycles. The van der Waals surface area contributed by atoms with Gasteiger partial charge < -0.3 is 4.90 Å². The van der Waals surface area contributed by atoms with Crippen LogP contribution >= 0.6 is 0 Å². The highest BCUT2D eigenvalue weighted by Gasteiger charge is 2.46. The summed E-state index contributed by atoms with van der Waals surface area (Å²) in [6.07, 6.45) is -1.91. The van der Waals surface area contributed by atoms with Crippen LogP contribution in [-0.4, -0.2) is 60.4 Å². The van der Waals surface area contributed by atoms with E-state index in [1.165, 1.54) is 15.3 Å². The third-order valence-corrected chi connectivity index (χ3v) is 5.78. The molecule has 2 atom stereocenters. The fraction of sp³-hybridized carbons (Fsp3) is 0.571.